The molecule has 0 bridgehead atoms. The van der Waals surface area contributed by atoms with Crippen LogP contribution < -0.4 is 0 Å². The minimum absolute atomic E-state index is 0.194. The Morgan fingerprint density at radius 1 is 1.38 bits per heavy atom. The summed E-state index contributed by atoms with van der Waals surface area (Å²) < 4.78 is 45.1. The van der Waals surface area contributed by atoms with Crippen LogP contribution in [0.3, 0.4) is 0 Å². The minimum atomic E-state index is -1.59. The monoisotopic (exact) mass is 321 g/mol. The average molecular weight is 322 g/mol. The maximum Gasteiger partial charge on any atom is 0.254 e. The summed E-state index contributed by atoms with van der Waals surface area (Å²) in [5, 5.41) is 0. The number of halogens is 4. The molecule has 1 aliphatic rings. The number of nitrogens with zero attached hydrogens (tertiary/aromatic N) is 1. The molecular weight excluding hydrogens is 307 g/mol. The zero-order valence-corrected chi connectivity index (χ0v) is 12.4. The topological polar surface area (TPSA) is 29.5 Å². The first-order chi connectivity index (χ1) is 9.73. The lowest BCUT2D eigenvalue weighted by atomic mass is 10.0. The van der Waals surface area contributed by atoms with E-state index in [1.165, 1.54) is 4.90 Å². The highest BCUT2D eigenvalue weighted by Crippen LogP contribution is 2.24. The van der Waals surface area contributed by atoms with Gasteiger partial charge in [-0.3, -0.25) is 4.79 Å². The first kappa shape index (κ1) is 16.1. The summed E-state index contributed by atoms with van der Waals surface area (Å²) in [7, 11) is 0. The first-order valence-corrected chi connectivity index (χ1v) is 6.94. The number of ether oxygens (including phenoxy) is 1. The Bertz CT molecular complexity index is 542. The number of hydrogen-bond acceptors (Lipinski definition) is 2. The fourth-order valence-electron chi connectivity index (χ4n) is 2.39. The molecule has 0 saturated carbocycles. The molecule has 1 amide bonds. The van der Waals surface area contributed by atoms with Crippen LogP contribution in [0.1, 0.15) is 24.2 Å². The van der Waals surface area contributed by atoms with Crippen molar-refractivity contribution in [2.75, 3.05) is 19.0 Å². The first-order valence-electron chi connectivity index (χ1n) is 6.41. The fraction of sp³-hybridized carbons (Fsp3) is 0.500. The Morgan fingerprint density at radius 2 is 1.95 bits per heavy atom. The van der Waals surface area contributed by atoms with E-state index < -0.39 is 29.0 Å². The maximum absolute atomic E-state index is 13.2. The van der Waals surface area contributed by atoms with Gasteiger partial charge in [0.1, 0.15) is 0 Å². The van der Waals surface area contributed by atoms with E-state index in [9.17, 15) is 18.0 Å². The highest BCUT2D eigenvalue weighted by Gasteiger charge is 2.35. The van der Waals surface area contributed by atoms with Crippen LogP contribution in [0.15, 0.2) is 12.1 Å². The van der Waals surface area contributed by atoms with Crippen LogP contribution >= 0.6 is 11.6 Å². The van der Waals surface area contributed by atoms with Crippen LogP contribution in [0.2, 0.25) is 0 Å². The van der Waals surface area contributed by atoms with Gasteiger partial charge in [0.2, 0.25) is 0 Å². The second-order valence-electron chi connectivity index (χ2n) is 5.59. The molecule has 1 atom stereocenters. The van der Waals surface area contributed by atoms with E-state index in [0.29, 0.717) is 12.1 Å². The van der Waals surface area contributed by atoms with E-state index >= 15 is 0 Å². The smallest absolute Gasteiger partial charge is 0.254 e. The Kier molecular flexibility index (Phi) is 4.49. The zero-order valence-electron chi connectivity index (χ0n) is 11.6. The van der Waals surface area contributed by atoms with Crippen LogP contribution in [0.4, 0.5) is 13.2 Å². The molecule has 2 rings (SSSR count). The van der Waals surface area contributed by atoms with Gasteiger partial charge in [-0.1, -0.05) is 0 Å². The molecule has 0 radical (unpaired) electrons. The second-order valence-corrected chi connectivity index (χ2v) is 5.90. The summed E-state index contributed by atoms with van der Waals surface area (Å²) in [5.41, 5.74) is -0.859. The van der Waals surface area contributed by atoms with Gasteiger partial charge in [-0.05, 0) is 26.0 Å². The number of carbonyl (C=O) groups excluding carboxylic acids is 1. The van der Waals surface area contributed by atoms with Crippen LogP contribution in [-0.2, 0) is 4.74 Å². The number of alkyl halides is 1. The standard InChI is InChI=1S/C14H15ClF3NO2/c1-14(2)7-19(6-9(5-15)21-14)13(20)8-3-10(16)12(18)11(17)4-8/h3-4,9H,5-7H2,1-2H3. The van der Waals surface area contributed by atoms with Crippen molar-refractivity contribution in [2.45, 2.75) is 25.6 Å². The van der Waals surface area contributed by atoms with Gasteiger partial charge in [-0.25, -0.2) is 13.2 Å². The Hall–Kier alpha value is -1.27. The van der Waals surface area contributed by atoms with E-state index in [4.69, 9.17) is 16.3 Å². The lowest BCUT2D eigenvalue weighted by molar-refractivity contribution is -0.117. The molecule has 7 heteroatoms. The summed E-state index contributed by atoms with van der Waals surface area (Å²) in [4.78, 5) is 13.7. The Morgan fingerprint density at radius 3 is 2.48 bits per heavy atom. The molecule has 116 valence electrons. The minimum Gasteiger partial charge on any atom is -0.367 e. The average Bonchev–Trinajstić information content (AvgIpc) is 2.41. The number of rotatable bonds is 2. The predicted octanol–water partition coefficient (Wildman–Crippen LogP) is 2.96. The zero-order chi connectivity index (χ0) is 15.8. The van der Waals surface area contributed by atoms with E-state index in [2.05, 4.69) is 0 Å². The molecule has 1 aromatic carbocycles. The molecule has 1 aromatic rings. The van der Waals surface area contributed by atoms with Crippen LogP contribution in [0.25, 0.3) is 0 Å². The summed E-state index contributed by atoms with van der Waals surface area (Å²) in [6, 6.07) is 1.39. The Labute approximate surface area is 125 Å². The summed E-state index contributed by atoms with van der Waals surface area (Å²) >= 11 is 5.76. The van der Waals surface area contributed by atoms with Gasteiger partial charge in [0.15, 0.2) is 17.5 Å². The third-order valence-electron chi connectivity index (χ3n) is 3.17. The maximum atomic E-state index is 13.2. The van der Waals surface area contributed by atoms with Gasteiger partial charge < -0.3 is 9.64 Å². The van der Waals surface area contributed by atoms with Crippen molar-refractivity contribution in [3.05, 3.63) is 35.1 Å². The second kappa shape index (κ2) is 5.85. The molecule has 21 heavy (non-hydrogen) atoms. The highest BCUT2D eigenvalue weighted by atomic mass is 35.5. The van der Waals surface area contributed by atoms with Crippen molar-refractivity contribution in [3.63, 3.8) is 0 Å². The predicted molar refractivity (Wildman–Crippen MR) is 71.9 cm³/mol. The van der Waals surface area contributed by atoms with Crippen LogP contribution in [0.5, 0.6) is 0 Å². The highest BCUT2D eigenvalue weighted by molar-refractivity contribution is 6.18. The SMILES string of the molecule is CC1(C)CN(C(=O)c2cc(F)c(F)c(F)c2)CC(CCl)O1. The molecule has 3 nitrogen and oxygen atoms in total. The number of carbonyl (C=O) groups is 1. The van der Waals surface area contributed by atoms with Crippen molar-refractivity contribution >= 4 is 17.5 Å². The summed E-state index contributed by atoms with van der Waals surface area (Å²) in [6.07, 6.45) is -0.366. The lowest BCUT2D eigenvalue weighted by Crippen LogP contribution is -2.55. The molecule has 0 spiro atoms. The van der Waals surface area contributed by atoms with E-state index in [0.717, 1.165) is 0 Å². The van der Waals surface area contributed by atoms with Crippen LogP contribution in [0, 0.1) is 17.5 Å². The van der Waals surface area contributed by atoms with E-state index in [-0.39, 0.29) is 30.6 Å². The normalized spacial score (nSPS) is 21.4. The molecule has 0 N–H and O–H groups in total. The van der Waals surface area contributed by atoms with Crippen molar-refractivity contribution in [3.8, 4) is 0 Å². The molecule has 1 saturated heterocycles. The molecule has 0 aliphatic carbocycles. The van der Waals surface area contributed by atoms with Crippen molar-refractivity contribution in [1.29, 1.82) is 0 Å². The van der Waals surface area contributed by atoms with Gasteiger partial charge in [0.25, 0.3) is 5.91 Å². The quantitative estimate of drug-likeness (QED) is 0.619. The van der Waals surface area contributed by atoms with Crippen molar-refractivity contribution in [2.24, 2.45) is 0 Å². The van der Waals surface area contributed by atoms with Crippen LogP contribution in [-0.4, -0.2) is 41.5 Å². The third kappa shape index (κ3) is 3.49. The molecular formula is C14H15ClF3NO2. The Balaban J connectivity index is 2.27. The number of morpholine rings is 1. The third-order valence-corrected chi connectivity index (χ3v) is 3.52. The summed E-state index contributed by atoms with van der Waals surface area (Å²) in [5.74, 6) is -4.76. The van der Waals surface area contributed by atoms with Gasteiger partial charge in [-0.2, -0.15) is 0 Å². The van der Waals surface area contributed by atoms with E-state index in [1.807, 2.05) is 0 Å². The number of hydrogen-bond donors (Lipinski definition) is 0. The van der Waals surface area contributed by atoms with Gasteiger partial charge in [-0.15, -0.1) is 11.6 Å². The van der Waals surface area contributed by atoms with Gasteiger partial charge in [0, 0.05) is 18.7 Å². The molecule has 1 heterocycles. The number of amides is 1. The van der Waals surface area contributed by atoms with Gasteiger partial charge in [0.05, 0.1) is 17.6 Å². The van der Waals surface area contributed by atoms with Crippen molar-refractivity contribution in [1.82, 2.24) is 4.90 Å². The summed E-state index contributed by atoms with van der Waals surface area (Å²) in [6.45, 7) is 4.04. The van der Waals surface area contributed by atoms with E-state index in [1.54, 1.807) is 13.8 Å². The number of benzene rings is 1. The molecule has 1 unspecified atom stereocenters. The van der Waals surface area contributed by atoms with Gasteiger partial charge >= 0.3 is 0 Å². The lowest BCUT2D eigenvalue weighted by Gasteiger charge is -2.42. The van der Waals surface area contributed by atoms with Crippen molar-refractivity contribution < 1.29 is 22.7 Å². The molecule has 1 fully saturated rings. The molecule has 1 aliphatic heterocycles. The largest absolute Gasteiger partial charge is 0.367 e. The fourth-order valence-corrected chi connectivity index (χ4v) is 2.55. The molecule has 0 aromatic heterocycles.